The van der Waals surface area contributed by atoms with Crippen molar-refractivity contribution in [3.63, 3.8) is 0 Å². The average Bonchev–Trinajstić information content (AvgIpc) is 3.72. The summed E-state index contributed by atoms with van der Waals surface area (Å²) >= 11 is 5.71. The first-order valence-corrected chi connectivity index (χ1v) is 31.3. The van der Waals surface area contributed by atoms with E-state index in [1.54, 1.807) is 7.11 Å². The van der Waals surface area contributed by atoms with Gasteiger partial charge in [-0.1, -0.05) is 326 Å². The molecule has 0 spiro atoms. The molecule has 11 rings (SSSR count). The molecule has 0 radical (unpaired) electrons. The van der Waals surface area contributed by atoms with E-state index in [1.807, 2.05) is 82.3 Å². The molecule has 3 heteroatoms. The Morgan fingerprint density at radius 2 is 0.422 bits per heavy atom. The lowest BCUT2D eigenvalue weighted by Gasteiger charge is -2.00. The lowest BCUT2D eigenvalue weighted by atomic mass is 10.1. The van der Waals surface area contributed by atoms with Crippen molar-refractivity contribution in [2.45, 2.75) is 138 Å². The first-order valence-electron chi connectivity index (χ1n) is 31.0. The largest absolute Gasteiger partial charge is 0.496 e. The zero-order valence-corrected chi connectivity index (χ0v) is 59.2. The monoisotopic (exact) mass is 1220 g/mol. The fraction of sp³-hybridized carbons (Fsp3) is 0.241. The zero-order valence-electron chi connectivity index (χ0n) is 58.5. The highest BCUT2D eigenvalue weighted by Crippen LogP contribution is 2.15. The summed E-state index contributed by atoms with van der Waals surface area (Å²) in [6, 6.07) is 88.4. The Labute approximate surface area is 551 Å². The molecule has 0 saturated carbocycles. The Bertz CT molecular complexity index is 3040. The van der Waals surface area contributed by atoms with Gasteiger partial charge in [-0.15, -0.1) is 0 Å². The average molecular weight is 1220 g/mol. The second-order valence-electron chi connectivity index (χ2n) is 23.2. The van der Waals surface area contributed by atoms with Crippen molar-refractivity contribution in [1.29, 1.82) is 0 Å². The molecule has 474 valence electrons. The minimum atomic E-state index is -0.146. The van der Waals surface area contributed by atoms with Gasteiger partial charge in [-0.25, -0.2) is 4.39 Å². The number of methoxy groups -OCH3 is 1. The van der Waals surface area contributed by atoms with Gasteiger partial charge in [0.05, 0.1) is 7.11 Å². The van der Waals surface area contributed by atoms with E-state index in [4.69, 9.17) is 16.3 Å². The first kappa shape index (κ1) is 79.5. The second kappa shape index (κ2) is 46.5. The summed E-state index contributed by atoms with van der Waals surface area (Å²) in [4.78, 5) is 0. The maximum atomic E-state index is 12.4. The van der Waals surface area contributed by atoms with E-state index in [9.17, 15) is 4.39 Å². The fourth-order valence-corrected chi connectivity index (χ4v) is 7.85. The minimum Gasteiger partial charge on any atom is -0.496 e. The van der Waals surface area contributed by atoms with Crippen LogP contribution >= 0.6 is 11.6 Å². The molecule has 0 atom stereocenters. The number of para-hydroxylation sites is 1. The van der Waals surface area contributed by atoms with Crippen LogP contribution in [0.25, 0.3) is 0 Å². The van der Waals surface area contributed by atoms with Gasteiger partial charge in [0.15, 0.2) is 0 Å². The summed E-state index contributed by atoms with van der Waals surface area (Å²) in [5, 5.41) is 0.840. The number of ether oxygens (including phenoxy) is 1. The molecule has 90 heavy (non-hydrogen) atoms. The molecule has 0 aliphatic heterocycles. The Morgan fingerprint density at radius 1 is 0.211 bits per heavy atom. The van der Waals surface area contributed by atoms with Gasteiger partial charge in [-0.05, 0) is 196 Å². The molecule has 0 fully saturated rings. The van der Waals surface area contributed by atoms with Gasteiger partial charge in [0.25, 0.3) is 0 Å². The molecule has 0 aliphatic carbocycles. The Balaban J connectivity index is 0.000000495. The van der Waals surface area contributed by atoms with Gasteiger partial charge >= 0.3 is 0 Å². The summed E-state index contributed by atoms with van der Waals surface area (Å²) < 4.78 is 17.5. The fourth-order valence-electron chi connectivity index (χ4n) is 7.72. The van der Waals surface area contributed by atoms with Crippen LogP contribution in [0, 0.1) is 144 Å². The smallest absolute Gasteiger partial charge is 0.123 e. The number of hydrogen-bond acceptors (Lipinski definition) is 1. The standard InChI is InChI=1S/C8H9F.C8H10O.8C8H10.C7H7Cl/c1-6-3-7(2)5-8(9)4-6;1-7-5-3-4-6-8(7)9-2;5*1-7-3-5-8(2)6-4-7;2*1-7-4-3-5-8(2)6-7;1-7-5-3-4-6-8(7)2;1-6-4-2-3-5-7(6)8/h3-5H,1-2H3;3-6H,1-2H3;8*3-6H,1-2H3;2-5H,1H3. The van der Waals surface area contributed by atoms with Crippen molar-refractivity contribution in [1.82, 2.24) is 0 Å². The minimum absolute atomic E-state index is 0.146. The van der Waals surface area contributed by atoms with Gasteiger partial charge in [0.2, 0.25) is 0 Å². The van der Waals surface area contributed by atoms with E-state index in [2.05, 4.69) is 305 Å². The highest BCUT2D eigenvalue weighted by atomic mass is 35.5. The second-order valence-corrected chi connectivity index (χ2v) is 23.6. The number of benzene rings is 11. The highest BCUT2D eigenvalue weighted by Gasteiger charge is 1.93. The molecule has 0 saturated heterocycles. The summed E-state index contributed by atoms with van der Waals surface area (Å²) in [6.45, 7) is 41.4. The van der Waals surface area contributed by atoms with Gasteiger partial charge < -0.3 is 4.74 Å². The Hall–Kier alpha value is -8.56. The lowest BCUT2D eigenvalue weighted by molar-refractivity contribution is 0.411. The third kappa shape index (κ3) is 41.6. The molecule has 0 unspecified atom stereocenters. The van der Waals surface area contributed by atoms with Crippen LogP contribution in [0.15, 0.2) is 261 Å². The quantitative estimate of drug-likeness (QED) is 0.159. The van der Waals surface area contributed by atoms with Crippen molar-refractivity contribution in [2.24, 2.45) is 0 Å². The maximum absolute atomic E-state index is 12.4. The van der Waals surface area contributed by atoms with E-state index in [-0.39, 0.29) is 5.82 Å². The molecule has 0 N–H and O–H groups in total. The zero-order chi connectivity index (χ0) is 67.4. The molecule has 0 amide bonds. The molecule has 0 aromatic heterocycles. The van der Waals surface area contributed by atoms with Crippen LogP contribution in [0.2, 0.25) is 5.02 Å². The van der Waals surface area contributed by atoms with E-state index < -0.39 is 0 Å². The van der Waals surface area contributed by atoms with Gasteiger partial charge in [-0.3, -0.25) is 0 Å². The van der Waals surface area contributed by atoms with E-state index in [0.29, 0.717) is 0 Å². The molecule has 11 aromatic carbocycles. The number of hydrogen-bond donors (Lipinski definition) is 0. The predicted octanol–water partition coefficient (Wildman–Crippen LogP) is 25.5. The van der Waals surface area contributed by atoms with Crippen molar-refractivity contribution >= 4 is 11.6 Å². The third-order valence-corrected chi connectivity index (χ3v) is 13.9. The van der Waals surface area contributed by atoms with Gasteiger partial charge in [-0.2, -0.15) is 0 Å². The molecule has 11 aromatic rings. The van der Waals surface area contributed by atoms with Crippen molar-refractivity contribution < 1.29 is 9.13 Å². The topological polar surface area (TPSA) is 9.23 Å². The lowest BCUT2D eigenvalue weighted by Crippen LogP contribution is -1.84. The number of rotatable bonds is 1. The van der Waals surface area contributed by atoms with Crippen LogP contribution in [0.1, 0.15) is 111 Å². The number of halogens is 2. The molecule has 0 aliphatic rings. The predicted molar refractivity (Wildman–Crippen MR) is 397 cm³/mol. The summed E-state index contributed by atoms with van der Waals surface area (Å²) in [6.07, 6.45) is 0. The number of aryl methyl sites for hydroxylation is 20. The van der Waals surface area contributed by atoms with Crippen LogP contribution in [0.5, 0.6) is 5.75 Å². The summed E-state index contributed by atoms with van der Waals surface area (Å²) in [7, 11) is 1.68. The van der Waals surface area contributed by atoms with E-state index in [0.717, 1.165) is 27.5 Å². The molecule has 0 bridgehead atoms. The van der Waals surface area contributed by atoms with Crippen molar-refractivity contribution in [3.05, 3.63) is 383 Å². The van der Waals surface area contributed by atoms with Gasteiger partial charge in [0.1, 0.15) is 11.6 Å². The van der Waals surface area contributed by atoms with Crippen LogP contribution in [0.4, 0.5) is 4.39 Å². The SMILES string of the molecule is COc1ccccc1C.Cc1cc(C)cc(F)c1.Cc1ccc(C)cc1.Cc1ccc(C)cc1.Cc1ccc(C)cc1.Cc1ccc(C)cc1.Cc1ccc(C)cc1.Cc1cccc(C)c1.Cc1cccc(C)c1.Cc1ccccc1C.Cc1ccccc1Cl. The molecular formula is C87H106ClFO. The Morgan fingerprint density at radius 3 is 0.578 bits per heavy atom. The highest BCUT2D eigenvalue weighted by molar-refractivity contribution is 6.31. The first-order chi connectivity index (χ1) is 42.6. The van der Waals surface area contributed by atoms with Crippen molar-refractivity contribution in [2.75, 3.05) is 7.11 Å². The van der Waals surface area contributed by atoms with Gasteiger partial charge in [0, 0.05) is 5.02 Å². The molecule has 0 heterocycles. The third-order valence-electron chi connectivity index (χ3n) is 13.4. The van der Waals surface area contributed by atoms with E-state index >= 15 is 0 Å². The van der Waals surface area contributed by atoms with Crippen LogP contribution in [0.3, 0.4) is 0 Å². The van der Waals surface area contributed by atoms with E-state index in [1.165, 1.54) is 107 Å². The Kier molecular flexibility index (Phi) is 41.1. The van der Waals surface area contributed by atoms with Crippen LogP contribution in [-0.4, -0.2) is 7.11 Å². The normalized spacial score (nSPS) is 9.28. The van der Waals surface area contributed by atoms with Crippen molar-refractivity contribution in [3.8, 4) is 5.75 Å². The molecular weight excluding hydrogens is 1120 g/mol. The molecule has 1 nitrogen and oxygen atoms in total. The summed E-state index contributed by atoms with van der Waals surface area (Å²) in [5.41, 5.74) is 25.7. The van der Waals surface area contributed by atoms with Crippen LogP contribution in [-0.2, 0) is 0 Å². The maximum Gasteiger partial charge on any atom is 0.123 e. The summed E-state index contributed by atoms with van der Waals surface area (Å²) in [5.74, 6) is 0.810. The van der Waals surface area contributed by atoms with Crippen LogP contribution < -0.4 is 4.74 Å².